The molecule has 1 fully saturated rings. The molecule has 3 aromatic rings. The third-order valence-electron chi connectivity index (χ3n) is 5.92. The highest BCUT2D eigenvalue weighted by atomic mass is 32.2. The molecule has 4 heterocycles. The first-order chi connectivity index (χ1) is 15.7. The molecule has 2 aromatic carbocycles. The SMILES string of the molecule is O=C(c1nn(-c2ccc3c(c2)OCCO3)c2c1CS(=O)c1ccccc1-2)N1CCOCC1. The molecule has 3 aliphatic heterocycles. The summed E-state index contributed by atoms with van der Waals surface area (Å²) in [6, 6.07) is 13.2. The summed E-state index contributed by atoms with van der Waals surface area (Å²) < 4.78 is 31.6. The number of hydrogen-bond donors (Lipinski definition) is 0. The number of fused-ring (bicyclic) bond motifs is 4. The van der Waals surface area contributed by atoms with E-state index < -0.39 is 10.8 Å². The van der Waals surface area contributed by atoms with Gasteiger partial charge < -0.3 is 19.1 Å². The molecule has 0 N–H and O–H groups in total. The summed E-state index contributed by atoms with van der Waals surface area (Å²) in [7, 11) is -1.25. The Hall–Kier alpha value is -3.17. The zero-order valence-corrected chi connectivity index (χ0v) is 18.1. The molecule has 1 saturated heterocycles. The monoisotopic (exact) mass is 451 g/mol. The maximum Gasteiger partial charge on any atom is 0.274 e. The summed E-state index contributed by atoms with van der Waals surface area (Å²) >= 11 is 0. The fraction of sp³-hybridized carbons (Fsp3) is 0.304. The van der Waals surface area contributed by atoms with E-state index in [1.54, 1.807) is 9.58 Å². The van der Waals surface area contributed by atoms with E-state index >= 15 is 0 Å². The molecule has 3 aliphatic rings. The zero-order chi connectivity index (χ0) is 21.7. The highest BCUT2D eigenvalue weighted by molar-refractivity contribution is 7.84. The standard InChI is InChI=1S/C23H21N3O5S/c27-23(25-7-9-29-10-8-25)21-17-14-32(28)20-4-2-1-3-16(20)22(17)26(24-21)15-5-6-18-19(13-15)31-12-11-30-18/h1-6,13H,7-12,14H2. The molecular weight excluding hydrogens is 430 g/mol. The largest absolute Gasteiger partial charge is 0.486 e. The van der Waals surface area contributed by atoms with Crippen molar-refractivity contribution in [3.05, 3.63) is 53.7 Å². The number of nitrogens with zero attached hydrogens (tertiary/aromatic N) is 3. The van der Waals surface area contributed by atoms with Gasteiger partial charge in [-0.3, -0.25) is 9.00 Å². The Balaban J connectivity index is 1.54. The van der Waals surface area contributed by atoms with Gasteiger partial charge in [-0.15, -0.1) is 0 Å². The second-order valence-electron chi connectivity index (χ2n) is 7.81. The lowest BCUT2D eigenvalue weighted by atomic mass is 10.0. The Labute approximate surface area is 187 Å². The van der Waals surface area contributed by atoms with Crippen molar-refractivity contribution in [2.75, 3.05) is 39.5 Å². The molecule has 0 spiro atoms. The van der Waals surface area contributed by atoms with Crippen LogP contribution in [0.2, 0.25) is 0 Å². The average Bonchev–Trinajstić information content (AvgIpc) is 3.23. The molecule has 0 aliphatic carbocycles. The Morgan fingerprint density at radius 3 is 2.59 bits per heavy atom. The van der Waals surface area contributed by atoms with Gasteiger partial charge >= 0.3 is 0 Å². The van der Waals surface area contributed by atoms with Gasteiger partial charge in [0.05, 0.1) is 41.1 Å². The van der Waals surface area contributed by atoms with Crippen LogP contribution < -0.4 is 9.47 Å². The van der Waals surface area contributed by atoms with E-state index in [9.17, 15) is 9.00 Å². The van der Waals surface area contributed by atoms with E-state index in [0.29, 0.717) is 62.3 Å². The number of rotatable bonds is 2. The summed E-state index contributed by atoms with van der Waals surface area (Å²) in [4.78, 5) is 15.9. The fourth-order valence-corrected chi connectivity index (χ4v) is 5.70. The number of carbonyl (C=O) groups excluding carboxylic acids is 1. The van der Waals surface area contributed by atoms with Crippen molar-refractivity contribution in [3.63, 3.8) is 0 Å². The molecule has 1 unspecified atom stereocenters. The highest BCUT2D eigenvalue weighted by Crippen LogP contribution is 2.40. The maximum atomic E-state index is 13.4. The number of amides is 1. The van der Waals surface area contributed by atoms with E-state index in [1.807, 2.05) is 42.5 Å². The van der Waals surface area contributed by atoms with Gasteiger partial charge in [0.15, 0.2) is 17.2 Å². The summed E-state index contributed by atoms with van der Waals surface area (Å²) in [5, 5.41) is 4.77. The van der Waals surface area contributed by atoms with Gasteiger partial charge in [-0.1, -0.05) is 18.2 Å². The number of benzene rings is 2. The van der Waals surface area contributed by atoms with Crippen molar-refractivity contribution < 1.29 is 23.2 Å². The molecular formula is C23H21N3O5S. The minimum atomic E-state index is -1.25. The lowest BCUT2D eigenvalue weighted by Gasteiger charge is -2.26. The van der Waals surface area contributed by atoms with Crippen LogP contribution in [0.15, 0.2) is 47.4 Å². The Kier molecular flexibility index (Phi) is 4.73. The van der Waals surface area contributed by atoms with Crippen LogP contribution in [-0.4, -0.2) is 64.3 Å². The lowest BCUT2D eigenvalue weighted by molar-refractivity contribution is 0.0298. The minimum absolute atomic E-state index is 0.155. The number of carbonyl (C=O) groups is 1. The molecule has 1 aromatic heterocycles. The number of aromatic nitrogens is 2. The molecule has 1 atom stereocenters. The van der Waals surface area contributed by atoms with Crippen LogP contribution in [0.1, 0.15) is 16.1 Å². The summed E-state index contributed by atoms with van der Waals surface area (Å²) in [5.41, 5.74) is 3.45. The van der Waals surface area contributed by atoms with Crippen LogP contribution in [0.4, 0.5) is 0 Å². The Bertz CT molecular complexity index is 1250. The summed E-state index contributed by atoms with van der Waals surface area (Å²) in [5.74, 6) is 1.43. The number of morpholine rings is 1. The molecule has 0 radical (unpaired) electrons. The first-order valence-electron chi connectivity index (χ1n) is 10.6. The van der Waals surface area contributed by atoms with Crippen LogP contribution >= 0.6 is 0 Å². The predicted molar refractivity (Wildman–Crippen MR) is 117 cm³/mol. The maximum absolute atomic E-state index is 13.4. The van der Waals surface area contributed by atoms with Crippen molar-refractivity contribution in [2.24, 2.45) is 0 Å². The predicted octanol–water partition coefficient (Wildman–Crippen LogP) is 2.40. The second-order valence-corrected chi connectivity index (χ2v) is 9.23. The Morgan fingerprint density at radius 1 is 0.969 bits per heavy atom. The molecule has 164 valence electrons. The van der Waals surface area contributed by atoms with Crippen LogP contribution in [0.5, 0.6) is 11.5 Å². The second kappa shape index (κ2) is 7.75. The van der Waals surface area contributed by atoms with E-state index in [-0.39, 0.29) is 11.7 Å². The molecule has 9 heteroatoms. The molecule has 0 bridgehead atoms. The van der Waals surface area contributed by atoms with Crippen molar-refractivity contribution in [1.29, 1.82) is 0 Å². The van der Waals surface area contributed by atoms with Gasteiger partial charge in [0.2, 0.25) is 0 Å². The van der Waals surface area contributed by atoms with E-state index in [2.05, 4.69) is 0 Å². The molecule has 8 nitrogen and oxygen atoms in total. The van der Waals surface area contributed by atoms with Crippen molar-refractivity contribution in [1.82, 2.24) is 14.7 Å². The normalized spacial score (nSPS) is 19.2. The minimum Gasteiger partial charge on any atom is -0.486 e. The smallest absolute Gasteiger partial charge is 0.274 e. The summed E-state index contributed by atoms with van der Waals surface area (Å²) in [6.07, 6.45) is 0. The van der Waals surface area contributed by atoms with Crippen molar-refractivity contribution in [2.45, 2.75) is 10.6 Å². The van der Waals surface area contributed by atoms with Gasteiger partial charge in [-0.2, -0.15) is 5.10 Å². The van der Waals surface area contributed by atoms with E-state index in [4.69, 9.17) is 19.3 Å². The number of hydrogen-bond acceptors (Lipinski definition) is 6. The Morgan fingerprint density at radius 2 is 1.75 bits per heavy atom. The van der Waals surface area contributed by atoms with Crippen LogP contribution in [0.25, 0.3) is 16.9 Å². The third-order valence-corrected chi connectivity index (χ3v) is 7.32. The number of ether oxygens (including phenoxy) is 3. The topological polar surface area (TPSA) is 82.9 Å². The molecule has 6 rings (SSSR count). The molecule has 32 heavy (non-hydrogen) atoms. The zero-order valence-electron chi connectivity index (χ0n) is 17.3. The van der Waals surface area contributed by atoms with Crippen LogP contribution in [0.3, 0.4) is 0 Å². The van der Waals surface area contributed by atoms with Crippen molar-refractivity contribution >= 4 is 16.7 Å². The van der Waals surface area contributed by atoms with Crippen LogP contribution in [0, 0.1) is 0 Å². The van der Waals surface area contributed by atoms with Gasteiger partial charge in [0.1, 0.15) is 13.2 Å². The average molecular weight is 452 g/mol. The first-order valence-corrected chi connectivity index (χ1v) is 11.9. The van der Waals surface area contributed by atoms with Crippen LogP contribution in [-0.2, 0) is 21.3 Å². The highest BCUT2D eigenvalue weighted by Gasteiger charge is 2.34. The van der Waals surface area contributed by atoms with E-state index in [0.717, 1.165) is 21.8 Å². The van der Waals surface area contributed by atoms with Gasteiger partial charge in [-0.05, 0) is 18.2 Å². The van der Waals surface area contributed by atoms with Gasteiger partial charge in [0.25, 0.3) is 5.91 Å². The lowest BCUT2D eigenvalue weighted by Crippen LogP contribution is -2.41. The fourth-order valence-electron chi connectivity index (χ4n) is 4.37. The summed E-state index contributed by atoms with van der Waals surface area (Å²) in [6.45, 7) is 3.04. The first kappa shape index (κ1) is 19.5. The molecule has 1 amide bonds. The molecule has 0 saturated carbocycles. The quantitative estimate of drug-likeness (QED) is 0.595. The van der Waals surface area contributed by atoms with Gasteiger partial charge in [0, 0.05) is 35.2 Å². The van der Waals surface area contributed by atoms with Crippen molar-refractivity contribution in [3.8, 4) is 28.4 Å². The van der Waals surface area contributed by atoms with Gasteiger partial charge in [-0.25, -0.2) is 4.68 Å². The van der Waals surface area contributed by atoms with E-state index in [1.165, 1.54) is 0 Å². The third kappa shape index (κ3) is 3.11.